The first-order chi connectivity index (χ1) is 8.92. The number of rotatable bonds is 4. The molecule has 0 bridgehead atoms. The van der Waals surface area contributed by atoms with Gasteiger partial charge in [0.05, 0.1) is 5.69 Å². The summed E-state index contributed by atoms with van der Waals surface area (Å²) in [5.41, 5.74) is 0.737. The van der Waals surface area contributed by atoms with Crippen molar-refractivity contribution in [3.63, 3.8) is 0 Å². The summed E-state index contributed by atoms with van der Waals surface area (Å²) in [5, 5.41) is 0. The molecule has 0 saturated carbocycles. The molecular formula is C12H13BrN2O2S2. The number of anilines is 1. The lowest BCUT2D eigenvalue weighted by atomic mass is 10.4. The lowest BCUT2D eigenvalue weighted by Gasteiger charge is -2.06. The minimum Gasteiger partial charge on any atom is -0.263 e. The van der Waals surface area contributed by atoms with Gasteiger partial charge in [0.25, 0.3) is 10.0 Å². The van der Waals surface area contributed by atoms with Crippen LogP contribution in [0, 0.1) is 6.92 Å². The summed E-state index contributed by atoms with van der Waals surface area (Å²) in [6, 6.07) is 6.85. The largest absolute Gasteiger partial charge is 0.272 e. The fourth-order valence-corrected chi connectivity index (χ4v) is 4.00. The summed E-state index contributed by atoms with van der Waals surface area (Å²) in [6.07, 6.45) is 0.829. The van der Waals surface area contributed by atoms with Crippen LogP contribution in [0.1, 0.15) is 17.5 Å². The molecule has 19 heavy (non-hydrogen) atoms. The molecular weight excluding hydrogens is 348 g/mol. The van der Waals surface area contributed by atoms with Crippen molar-refractivity contribution in [1.29, 1.82) is 0 Å². The van der Waals surface area contributed by atoms with Crippen LogP contribution in [0.25, 0.3) is 0 Å². The zero-order valence-corrected chi connectivity index (χ0v) is 13.7. The zero-order chi connectivity index (χ0) is 14.0. The van der Waals surface area contributed by atoms with Gasteiger partial charge in [-0.05, 0) is 53.5 Å². The third kappa shape index (κ3) is 3.34. The molecule has 2 aromatic heterocycles. The molecule has 0 aliphatic carbocycles. The van der Waals surface area contributed by atoms with E-state index in [1.165, 1.54) is 11.3 Å². The van der Waals surface area contributed by atoms with Crippen LogP contribution in [-0.4, -0.2) is 13.4 Å². The van der Waals surface area contributed by atoms with E-state index in [0.29, 0.717) is 10.0 Å². The number of halogens is 1. The molecule has 0 aromatic carbocycles. The van der Waals surface area contributed by atoms with Crippen LogP contribution in [0.5, 0.6) is 0 Å². The average Bonchev–Trinajstić information content (AvgIpc) is 2.83. The molecule has 0 amide bonds. The predicted molar refractivity (Wildman–Crippen MR) is 81.2 cm³/mol. The smallest absolute Gasteiger partial charge is 0.263 e. The van der Waals surface area contributed by atoms with Crippen molar-refractivity contribution in [2.24, 2.45) is 0 Å². The zero-order valence-electron chi connectivity index (χ0n) is 10.5. The Morgan fingerprint density at radius 3 is 2.63 bits per heavy atom. The van der Waals surface area contributed by atoms with Gasteiger partial charge in [-0.15, -0.1) is 11.3 Å². The van der Waals surface area contributed by atoms with Gasteiger partial charge in [0.1, 0.15) is 10.0 Å². The van der Waals surface area contributed by atoms with Crippen molar-refractivity contribution in [1.82, 2.24) is 4.98 Å². The van der Waals surface area contributed by atoms with Crippen LogP contribution >= 0.6 is 27.3 Å². The Morgan fingerprint density at radius 1 is 1.32 bits per heavy atom. The number of hydrogen-bond acceptors (Lipinski definition) is 4. The van der Waals surface area contributed by atoms with Crippen molar-refractivity contribution >= 4 is 43.1 Å². The van der Waals surface area contributed by atoms with Gasteiger partial charge in [0, 0.05) is 9.35 Å². The molecule has 102 valence electrons. The molecule has 4 nitrogen and oxygen atoms in total. The number of aryl methyl sites for hydroxylation is 2. The predicted octanol–water partition coefficient (Wildman–Crippen LogP) is 3.58. The number of aromatic nitrogens is 1. The van der Waals surface area contributed by atoms with Crippen LogP contribution < -0.4 is 4.72 Å². The Morgan fingerprint density at radius 2 is 2.05 bits per heavy atom. The Kier molecular flexibility index (Phi) is 4.27. The summed E-state index contributed by atoms with van der Waals surface area (Å²) in [4.78, 5) is 5.22. The molecule has 0 aliphatic heterocycles. The van der Waals surface area contributed by atoms with Gasteiger partial charge >= 0.3 is 0 Å². The molecule has 1 N–H and O–H groups in total. The average molecular weight is 361 g/mol. The van der Waals surface area contributed by atoms with E-state index in [4.69, 9.17) is 0 Å². The Bertz CT molecular complexity index is 696. The summed E-state index contributed by atoms with van der Waals surface area (Å²) >= 11 is 4.61. The highest BCUT2D eigenvalue weighted by Gasteiger charge is 2.17. The van der Waals surface area contributed by atoms with E-state index in [1.807, 2.05) is 19.9 Å². The molecule has 2 aromatic rings. The maximum absolute atomic E-state index is 12.2. The van der Waals surface area contributed by atoms with Gasteiger partial charge < -0.3 is 0 Å². The van der Waals surface area contributed by atoms with E-state index < -0.39 is 10.0 Å². The van der Waals surface area contributed by atoms with E-state index in [9.17, 15) is 8.42 Å². The van der Waals surface area contributed by atoms with Gasteiger partial charge in [0.2, 0.25) is 0 Å². The van der Waals surface area contributed by atoms with Crippen molar-refractivity contribution in [3.8, 4) is 0 Å². The van der Waals surface area contributed by atoms with E-state index in [1.54, 1.807) is 18.2 Å². The lowest BCUT2D eigenvalue weighted by molar-refractivity contribution is 0.603. The molecule has 2 heterocycles. The van der Waals surface area contributed by atoms with Crippen LogP contribution in [0.4, 0.5) is 5.82 Å². The van der Waals surface area contributed by atoms with E-state index >= 15 is 0 Å². The first-order valence-corrected chi connectivity index (χ1v) is 8.76. The van der Waals surface area contributed by atoms with E-state index in [0.717, 1.165) is 21.5 Å². The highest BCUT2D eigenvalue weighted by atomic mass is 79.9. The molecule has 7 heteroatoms. The van der Waals surface area contributed by atoms with Gasteiger partial charge in [-0.2, -0.15) is 0 Å². The first-order valence-electron chi connectivity index (χ1n) is 5.67. The number of sulfonamides is 1. The standard InChI is InChI=1S/C12H13BrN2O2S2/c1-3-9-4-7-12(18-9)19(16,17)15-11-6-5-10(13)8(2)14-11/h4-7H,3H2,1-2H3,(H,14,15). The molecule has 0 saturated heterocycles. The summed E-state index contributed by atoms with van der Waals surface area (Å²) in [5.74, 6) is 0.326. The second kappa shape index (κ2) is 5.60. The number of nitrogens with one attached hydrogen (secondary N) is 1. The second-order valence-corrected chi connectivity index (χ2v) is 7.88. The number of pyridine rings is 1. The van der Waals surface area contributed by atoms with Gasteiger partial charge in [-0.25, -0.2) is 13.4 Å². The van der Waals surface area contributed by atoms with E-state index in [-0.39, 0.29) is 0 Å². The maximum atomic E-state index is 12.2. The SMILES string of the molecule is CCc1ccc(S(=O)(=O)Nc2ccc(Br)c(C)n2)s1. The summed E-state index contributed by atoms with van der Waals surface area (Å²) < 4.78 is 28.0. The number of hydrogen-bond donors (Lipinski definition) is 1. The topological polar surface area (TPSA) is 59.1 Å². The molecule has 0 unspecified atom stereocenters. The molecule has 0 atom stereocenters. The molecule has 0 spiro atoms. The number of thiophene rings is 1. The Balaban J connectivity index is 2.28. The molecule has 0 fully saturated rings. The van der Waals surface area contributed by atoms with Crippen LogP contribution in [0.3, 0.4) is 0 Å². The third-order valence-electron chi connectivity index (χ3n) is 2.51. The molecule has 2 rings (SSSR count). The molecule has 0 aliphatic rings. The van der Waals surface area contributed by atoms with Crippen molar-refractivity contribution < 1.29 is 8.42 Å². The van der Waals surface area contributed by atoms with Crippen LogP contribution in [0.15, 0.2) is 32.9 Å². The highest BCUT2D eigenvalue weighted by molar-refractivity contribution is 9.10. The first kappa shape index (κ1) is 14.5. The monoisotopic (exact) mass is 360 g/mol. The maximum Gasteiger partial charge on any atom is 0.272 e. The second-order valence-electron chi connectivity index (χ2n) is 3.94. The van der Waals surface area contributed by atoms with Crippen LogP contribution in [0.2, 0.25) is 0 Å². The van der Waals surface area contributed by atoms with Gasteiger partial charge in [0.15, 0.2) is 0 Å². The minimum absolute atomic E-state index is 0.312. The van der Waals surface area contributed by atoms with Gasteiger partial charge in [-0.3, -0.25) is 4.72 Å². The Labute approximate surface area is 125 Å². The van der Waals surface area contributed by atoms with Crippen LogP contribution in [-0.2, 0) is 16.4 Å². The van der Waals surface area contributed by atoms with Crippen molar-refractivity contribution in [3.05, 3.63) is 39.3 Å². The summed E-state index contributed by atoms with van der Waals surface area (Å²) in [7, 11) is -3.54. The van der Waals surface area contributed by atoms with E-state index in [2.05, 4.69) is 25.6 Å². The fourth-order valence-electron chi connectivity index (χ4n) is 1.48. The lowest BCUT2D eigenvalue weighted by Crippen LogP contribution is -2.12. The molecule has 0 radical (unpaired) electrons. The minimum atomic E-state index is -3.54. The number of nitrogens with zero attached hydrogens (tertiary/aromatic N) is 1. The fraction of sp³-hybridized carbons (Fsp3) is 0.250. The van der Waals surface area contributed by atoms with Gasteiger partial charge in [-0.1, -0.05) is 6.92 Å². The normalized spacial score (nSPS) is 11.5. The third-order valence-corrected chi connectivity index (χ3v) is 6.42. The van der Waals surface area contributed by atoms with Crippen molar-refractivity contribution in [2.45, 2.75) is 24.5 Å². The van der Waals surface area contributed by atoms with Crippen molar-refractivity contribution in [2.75, 3.05) is 4.72 Å². The summed E-state index contributed by atoms with van der Waals surface area (Å²) in [6.45, 7) is 3.80. The highest BCUT2D eigenvalue weighted by Crippen LogP contribution is 2.24. The quantitative estimate of drug-likeness (QED) is 0.906. The Hall–Kier alpha value is -0.920.